The van der Waals surface area contributed by atoms with Crippen LogP contribution >= 0.6 is 0 Å². The highest BCUT2D eigenvalue weighted by Gasteiger charge is 2.35. The molecule has 1 heterocycles. The van der Waals surface area contributed by atoms with Gasteiger partial charge in [-0.3, -0.25) is 9.59 Å². The maximum absolute atomic E-state index is 14.8. The number of amides is 2. The summed E-state index contributed by atoms with van der Waals surface area (Å²) in [6.07, 6.45) is -0.861. The monoisotopic (exact) mass is 758 g/mol. The lowest BCUT2D eigenvalue weighted by Crippen LogP contribution is -2.51. The number of ketones is 1. The number of rotatable bonds is 14. The predicted octanol–water partition coefficient (Wildman–Crippen LogP) is 5.53. The largest absolute Gasteiger partial charge is 0.493 e. The lowest BCUT2D eigenvalue weighted by Gasteiger charge is -2.30. The molecule has 1 aliphatic heterocycles. The van der Waals surface area contributed by atoms with E-state index >= 15 is 0 Å². The van der Waals surface area contributed by atoms with E-state index in [0.29, 0.717) is 12.5 Å². The third-order valence-corrected chi connectivity index (χ3v) is 8.01. The number of benzene rings is 3. The number of hydrogen-bond donors (Lipinski definition) is 1. The van der Waals surface area contributed by atoms with Crippen LogP contribution in [0.15, 0.2) is 48.5 Å². The first-order valence-electron chi connectivity index (χ1n) is 16.8. The van der Waals surface area contributed by atoms with Crippen molar-refractivity contribution in [2.75, 3.05) is 55.1 Å². The Morgan fingerprint density at radius 1 is 0.815 bits per heavy atom. The Balaban J connectivity index is 1.59. The maximum atomic E-state index is 14.8. The quantitative estimate of drug-likeness (QED) is 0.125. The molecule has 0 bridgehead atoms. The number of likely N-dealkylation sites (tertiary alicyclic amines) is 1. The van der Waals surface area contributed by atoms with Crippen LogP contribution < -0.4 is 24.3 Å². The second kappa shape index (κ2) is 18.5. The van der Waals surface area contributed by atoms with Crippen LogP contribution in [0.25, 0.3) is 0 Å². The molecule has 0 radical (unpaired) electrons. The van der Waals surface area contributed by atoms with Gasteiger partial charge in [-0.1, -0.05) is 12.1 Å². The van der Waals surface area contributed by atoms with E-state index in [0.717, 1.165) is 6.07 Å². The molecule has 2 amide bonds. The Morgan fingerprint density at radius 2 is 1.43 bits per heavy atom. The van der Waals surface area contributed by atoms with Gasteiger partial charge in [-0.05, 0) is 57.9 Å². The van der Waals surface area contributed by atoms with Crippen molar-refractivity contribution in [1.82, 2.24) is 10.2 Å². The smallest absolute Gasteiger partial charge is 0.410 e. The van der Waals surface area contributed by atoms with Gasteiger partial charge in [0.1, 0.15) is 34.7 Å². The van der Waals surface area contributed by atoms with Crippen LogP contribution in [0.2, 0.25) is 0 Å². The SMILES string of the molecule is COCOc1cc(F)cc(F)c1C(=O)c1ccc(C(=O)O[C@@H]2CCCN(C(=O)OC(C)(C)C)C[C@H]2NC(=O)c2cc(OC)c(OCOC)c(OC)c2)cc1. The molecule has 2 atom stereocenters. The number of carbonyl (C=O) groups is 4. The minimum Gasteiger partial charge on any atom is -0.493 e. The van der Waals surface area contributed by atoms with Crippen molar-refractivity contribution in [2.45, 2.75) is 51.4 Å². The van der Waals surface area contributed by atoms with Gasteiger partial charge >= 0.3 is 12.1 Å². The van der Waals surface area contributed by atoms with Crippen molar-refractivity contribution in [3.63, 3.8) is 0 Å². The van der Waals surface area contributed by atoms with Gasteiger partial charge in [-0.15, -0.1) is 0 Å². The van der Waals surface area contributed by atoms with Gasteiger partial charge in [0.2, 0.25) is 5.75 Å². The Morgan fingerprint density at radius 3 is 2.02 bits per heavy atom. The van der Waals surface area contributed by atoms with Crippen LogP contribution in [0.4, 0.5) is 13.6 Å². The summed E-state index contributed by atoms with van der Waals surface area (Å²) < 4.78 is 71.6. The summed E-state index contributed by atoms with van der Waals surface area (Å²) in [5.74, 6) is -4.03. The summed E-state index contributed by atoms with van der Waals surface area (Å²) >= 11 is 0. The van der Waals surface area contributed by atoms with E-state index in [1.54, 1.807) is 20.8 Å². The molecular weight excluding hydrogens is 714 g/mol. The number of hydrogen-bond acceptors (Lipinski definition) is 12. The molecule has 1 saturated heterocycles. The number of halogens is 2. The molecule has 3 aromatic rings. The normalized spacial score (nSPS) is 15.8. The van der Waals surface area contributed by atoms with Gasteiger partial charge in [0.15, 0.2) is 30.9 Å². The first kappa shape index (κ1) is 41.3. The molecule has 0 unspecified atom stereocenters. The van der Waals surface area contributed by atoms with Crippen LogP contribution in [0.3, 0.4) is 0 Å². The summed E-state index contributed by atoms with van der Waals surface area (Å²) in [5, 5.41) is 2.90. The maximum Gasteiger partial charge on any atom is 0.410 e. The molecule has 4 rings (SSSR count). The van der Waals surface area contributed by atoms with Crippen LogP contribution in [0, 0.1) is 11.6 Å². The zero-order valence-corrected chi connectivity index (χ0v) is 31.1. The fourth-order valence-electron chi connectivity index (χ4n) is 5.54. The van der Waals surface area contributed by atoms with Gasteiger partial charge in [-0.25, -0.2) is 18.4 Å². The van der Waals surface area contributed by atoms with E-state index in [4.69, 9.17) is 37.9 Å². The van der Waals surface area contributed by atoms with Gasteiger partial charge in [-0.2, -0.15) is 0 Å². The molecule has 0 spiro atoms. The van der Waals surface area contributed by atoms with Gasteiger partial charge in [0.05, 0.1) is 25.8 Å². The molecule has 3 aromatic carbocycles. The summed E-state index contributed by atoms with van der Waals surface area (Å²) in [4.78, 5) is 55.2. The van der Waals surface area contributed by atoms with E-state index in [1.165, 1.54) is 69.7 Å². The van der Waals surface area contributed by atoms with Crippen LogP contribution in [-0.4, -0.2) is 102 Å². The fourth-order valence-corrected chi connectivity index (χ4v) is 5.54. The Kier molecular flexibility index (Phi) is 14.2. The number of nitrogens with one attached hydrogen (secondary N) is 1. The standard InChI is InChI=1S/C38H44F2N2O12/c1-38(2,3)54-37(46)42-14-8-9-28(27(19-42)41-35(44)24-15-30(49-6)34(52-21-48-5)31(16-24)50-7)53-36(45)23-12-10-22(11-13-23)33(43)32-26(40)17-25(39)18-29(32)51-20-47-4/h10-13,15-18,27-28H,8-9,14,19-21H2,1-7H3,(H,41,44)/t27-,28-/m1/s1. The lowest BCUT2D eigenvalue weighted by molar-refractivity contribution is 0.0127. The highest BCUT2D eigenvalue weighted by Crippen LogP contribution is 2.39. The van der Waals surface area contributed by atoms with Crippen molar-refractivity contribution in [1.29, 1.82) is 0 Å². The summed E-state index contributed by atoms with van der Waals surface area (Å²) in [6, 6.07) is 8.62. The molecule has 1 fully saturated rings. The average molecular weight is 759 g/mol. The van der Waals surface area contributed by atoms with Crippen molar-refractivity contribution in [3.05, 3.63) is 82.4 Å². The van der Waals surface area contributed by atoms with Gasteiger partial charge in [0.25, 0.3) is 5.91 Å². The molecule has 0 saturated carbocycles. The third-order valence-electron chi connectivity index (χ3n) is 8.01. The zero-order valence-electron chi connectivity index (χ0n) is 31.1. The molecule has 0 aromatic heterocycles. The molecule has 0 aliphatic carbocycles. The van der Waals surface area contributed by atoms with E-state index < -0.39 is 58.7 Å². The average Bonchev–Trinajstić information content (AvgIpc) is 3.33. The topological polar surface area (TPSA) is 157 Å². The highest BCUT2D eigenvalue weighted by atomic mass is 19.1. The molecular formula is C38H44F2N2O12. The highest BCUT2D eigenvalue weighted by molar-refractivity contribution is 6.11. The van der Waals surface area contributed by atoms with Crippen molar-refractivity contribution in [2.24, 2.45) is 0 Å². The molecule has 1 aliphatic rings. The summed E-state index contributed by atoms with van der Waals surface area (Å²) in [7, 11) is 5.55. The lowest BCUT2D eigenvalue weighted by atomic mass is 10.0. The van der Waals surface area contributed by atoms with E-state index in [-0.39, 0.29) is 72.8 Å². The number of nitrogens with zero attached hydrogens (tertiary/aromatic N) is 1. The number of carbonyl (C=O) groups excluding carboxylic acids is 4. The van der Waals surface area contributed by atoms with Crippen molar-refractivity contribution < 1.29 is 65.9 Å². The van der Waals surface area contributed by atoms with Gasteiger partial charge in [0, 0.05) is 50.6 Å². The van der Waals surface area contributed by atoms with Crippen molar-refractivity contribution in [3.8, 4) is 23.0 Å². The van der Waals surface area contributed by atoms with E-state index in [2.05, 4.69) is 5.32 Å². The minimum atomic E-state index is -1.14. The molecule has 1 N–H and O–H groups in total. The minimum absolute atomic E-state index is 0.0172. The molecule has 54 heavy (non-hydrogen) atoms. The Labute approximate surface area is 311 Å². The predicted molar refractivity (Wildman–Crippen MR) is 188 cm³/mol. The van der Waals surface area contributed by atoms with Crippen LogP contribution in [0.1, 0.15) is 70.3 Å². The van der Waals surface area contributed by atoms with Gasteiger partial charge < -0.3 is 48.1 Å². The second-order valence-corrected chi connectivity index (χ2v) is 13.1. The summed E-state index contributed by atoms with van der Waals surface area (Å²) in [6.45, 7) is 4.93. The zero-order chi connectivity index (χ0) is 39.6. The van der Waals surface area contributed by atoms with E-state index in [9.17, 15) is 28.0 Å². The summed E-state index contributed by atoms with van der Waals surface area (Å²) in [5.41, 5.74) is -1.15. The van der Waals surface area contributed by atoms with E-state index in [1.807, 2.05) is 0 Å². The number of ether oxygens (including phenoxy) is 8. The first-order valence-corrected chi connectivity index (χ1v) is 16.8. The fraction of sp³-hybridized carbons (Fsp3) is 0.421. The molecule has 16 heteroatoms. The second-order valence-electron chi connectivity index (χ2n) is 13.1. The van der Waals surface area contributed by atoms with Crippen molar-refractivity contribution >= 4 is 23.8 Å². The van der Waals surface area contributed by atoms with Crippen LogP contribution in [-0.2, 0) is 18.9 Å². The number of esters is 1. The Bertz CT molecular complexity index is 1790. The molecule has 292 valence electrons. The number of methoxy groups -OCH3 is 4. The Hall–Kier alpha value is -5.48. The van der Waals surface area contributed by atoms with Crippen LogP contribution in [0.5, 0.6) is 23.0 Å². The third kappa shape index (κ3) is 10.6. The molecule has 14 nitrogen and oxygen atoms in total. The first-order chi connectivity index (χ1) is 25.7.